The van der Waals surface area contributed by atoms with E-state index in [9.17, 15) is 0 Å². The maximum absolute atomic E-state index is 2.43. The van der Waals surface area contributed by atoms with E-state index in [1.807, 2.05) is 0 Å². The lowest BCUT2D eigenvalue weighted by molar-refractivity contribution is 1.27. The van der Waals surface area contributed by atoms with Crippen molar-refractivity contribution in [2.75, 3.05) is 19.6 Å². The molecule has 0 fully saturated rings. The SMILES string of the molecule is c1ccc2cc(N(c3ccc(N(c4ccc(-c5ccc(N(c6ccc(N(c7ccc8ccccc8c7)c7cc8ccccc8c8ccccc78)cc6)c6cccc7ccccc67)cc5)cc4)c4cccc5ccccc45)cc3)c3cc4ccccc4c4ccccc34)ccc2c1. The highest BCUT2D eigenvalue weighted by Gasteiger charge is 2.24. The van der Waals surface area contributed by atoms with Gasteiger partial charge in [-0.2, -0.15) is 0 Å². The van der Waals surface area contributed by atoms with Crippen molar-refractivity contribution in [2.24, 2.45) is 0 Å². The molecule has 0 aromatic heterocycles. The molecule has 0 N–H and O–H groups in total. The molecule has 450 valence electrons. The Morgan fingerprint density at radius 1 is 0.125 bits per heavy atom. The van der Waals surface area contributed by atoms with Crippen molar-refractivity contribution in [1.29, 1.82) is 0 Å². The molecule has 0 radical (unpaired) electrons. The lowest BCUT2D eigenvalue weighted by Gasteiger charge is -2.30. The normalized spacial score (nSPS) is 11.5. The third-order valence-electron chi connectivity index (χ3n) is 19.3. The van der Waals surface area contributed by atoms with Crippen LogP contribution in [0.3, 0.4) is 0 Å². The van der Waals surface area contributed by atoms with Crippen LogP contribution in [0.2, 0.25) is 0 Å². The van der Waals surface area contributed by atoms with Crippen LogP contribution >= 0.6 is 0 Å². The second kappa shape index (κ2) is 23.7. The summed E-state index contributed by atoms with van der Waals surface area (Å²) in [5.74, 6) is 0. The van der Waals surface area contributed by atoms with Crippen molar-refractivity contribution < 1.29 is 0 Å². The Labute approximate surface area is 557 Å². The molecule has 0 aliphatic rings. The fourth-order valence-electron chi connectivity index (χ4n) is 14.7. The number of fused-ring (bicyclic) bond motifs is 10. The molecule has 0 unspecified atom stereocenters. The fourth-order valence-corrected chi connectivity index (χ4v) is 14.7. The molecule has 0 saturated heterocycles. The molecule has 0 heterocycles. The number of nitrogens with zero attached hydrogens (tertiary/aromatic N) is 4. The van der Waals surface area contributed by atoms with Gasteiger partial charge in [-0.15, -0.1) is 0 Å². The molecule has 96 heavy (non-hydrogen) atoms. The van der Waals surface area contributed by atoms with Gasteiger partial charge >= 0.3 is 0 Å². The van der Waals surface area contributed by atoms with E-state index >= 15 is 0 Å². The van der Waals surface area contributed by atoms with Gasteiger partial charge < -0.3 is 19.6 Å². The number of hydrogen-bond donors (Lipinski definition) is 0. The van der Waals surface area contributed by atoms with Crippen molar-refractivity contribution in [3.05, 3.63) is 376 Å². The Bertz CT molecular complexity index is 5600. The summed E-state index contributed by atoms with van der Waals surface area (Å²) in [7, 11) is 0. The molecule has 0 amide bonds. The summed E-state index contributed by atoms with van der Waals surface area (Å²) >= 11 is 0. The van der Waals surface area contributed by atoms with E-state index in [2.05, 4.69) is 396 Å². The molecular formula is C92H62N4. The van der Waals surface area contributed by atoms with Gasteiger partial charge in [0.25, 0.3) is 0 Å². The van der Waals surface area contributed by atoms with Crippen molar-refractivity contribution in [1.82, 2.24) is 0 Å². The first-order valence-electron chi connectivity index (χ1n) is 33.0. The maximum Gasteiger partial charge on any atom is 0.0546 e. The van der Waals surface area contributed by atoms with Crippen LogP contribution in [-0.4, -0.2) is 0 Å². The Morgan fingerprint density at radius 3 is 0.740 bits per heavy atom. The van der Waals surface area contributed by atoms with Gasteiger partial charge in [0, 0.05) is 67.0 Å². The van der Waals surface area contributed by atoms with Crippen LogP contribution in [0.5, 0.6) is 0 Å². The zero-order valence-corrected chi connectivity index (χ0v) is 52.6. The van der Waals surface area contributed by atoms with Gasteiger partial charge in [-0.05, 0) is 197 Å². The van der Waals surface area contributed by atoms with E-state index in [0.717, 1.165) is 79.4 Å². The standard InChI is InChI=1S/C92H62N4/c1-3-23-69-59-79(49-43-63(69)19-1)95(91-61-71-25-7-9-29-81(71)85-33-13-15-35-87(85)91)77-55-51-75(52-56-77)93(89-37-17-27-67-21-5-11-31-83(67)89)73-45-39-65(40-46-73)66-41-47-74(48-42-66)94(90-38-18-28-68-22-6-12-32-84(68)90)76-53-57-78(58-54-76)96(80-50-44-64-20-2-4-24-70(64)60-80)92-62-72-26-8-10-30-82(72)86-34-14-16-36-88(86)92/h1-62H. The Kier molecular flexibility index (Phi) is 13.8. The summed E-state index contributed by atoms with van der Waals surface area (Å²) in [5, 5.41) is 19.3. The molecule has 0 saturated carbocycles. The predicted octanol–water partition coefficient (Wildman–Crippen LogP) is 26.5. The summed E-state index contributed by atoms with van der Waals surface area (Å²) in [6.45, 7) is 0. The summed E-state index contributed by atoms with van der Waals surface area (Å²) in [6.07, 6.45) is 0. The molecule has 18 aromatic carbocycles. The first-order chi connectivity index (χ1) is 47.6. The van der Waals surface area contributed by atoms with Crippen molar-refractivity contribution in [3.8, 4) is 11.1 Å². The van der Waals surface area contributed by atoms with E-state index < -0.39 is 0 Å². The van der Waals surface area contributed by atoms with Crippen LogP contribution in [0.1, 0.15) is 0 Å². The minimum atomic E-state index is 1.05. The third kappa shape index (κ3) is 9.95. The lowest BCUT2D eigenvalue weighted by Crippen LogP contribution is -2.13. The van der Waals surface area contributed by atoms with Crippen molar-refractivity contribution in [2.45, 2.75) is 0 Å². The van der Waals surface area contributed by atoms with Gasteiger partial charge in [0.2, 0.25) is 0 Å². The predicted molar refractivity (Wildman–Crippen MR) is 411 cm³/mol. The molecular weight excluding hydrogens is 1160 g/mol. The summed E-state index contributed by atoms with van der Waals surface area (Å²) in [4.78, 5) is 9.67. The quantitative estimate of drug-likeness (QED) is 0.107. The lowest BCUT2D eigenvalue weighted by atomic mass is 9.98. The van der Waals surface area contributed by atoms with E-state index in [1.54, 1.807) is 0 Å². The highest BCUT2D eigenvalue weighted by atomic mass is 15.2. The summed E-state index contributed by atoms with van der Waals surface area (Å²) in [6, 6.07) is 138. The number of benzene rings is 18. The minimum Gasteiger partial charge on any atom is -0.310 e. The molecule has 0 atom stereocenters. The van der Waals surface area contributed by atoms with Gasteiger partial charge in [0.1, 0.15) is 0 Å². The van der Waals surface area contributed by atoms with Crippen LogP contribution < -0.4 is 19.6 Å². The number of rotatable bonds is 13. The molecule has 4 nitrogen and oxygen atoms in total. The van der Waals surface area contributed by atoms with Gasteiger partial charge in [-0.1, -0.05) is 255 Å². The monoisotopic (exact) mass is 1220 g/mol. The molecule has 0 bridgehead atoms. The highest BCUT2D eigenvalue weighted by molar-refractivity contribution is 6.16. The molecule has 0 spiro atoms. The van der Waals surface area contributed by atoms with Gasteiger partial charge in [-0.25, -0.2) is 0 Å². The van der Waals surface area contributed by atoms with Gasteiger partial charge in [0.15, 0.2) is 0 Å². The smallest absolute Gasteiger partial charge is 0.0546 e. The van der Waals surface area contributed by atoms with Crippen LogP contribution in [0.15, 0.2) is 376 Å². The van der Waals surface area contributed by atoms with Gasteiger partial charge in [-0.3, -0.25) is 0 Å². The van der Waals surface area contributed by atoms with Crippen molar-refractivity contribution in [3.63, 3.8) is 0 Å². The van der Waals surface area contributed by atoms with E-state index in [1.165, 1.54) is 86.2 Å². The Balaban J connectivity index is 0.713. The van der Waals surface area contributed by atoms with Crippen LogP contribution in [-0.2, 0) is 0 Å². The molecule has 18 rings (SSSR count). The maximum atomic E-state index is 2.43. The highest BCUT2D eigenvalue weighted by Crippen LogP contribution is 2.48. The summed E-state index contributed by atoms with van der Waals surface area (Å²) < 4.78 is 0. The van der Waals surface area contributed by atoms with Crippen LogP contribution in [0.25, 0.3) is 97.3 Å². The molecule has 0 aliphatic heterocycles. The van der Waals surface area contributed by atoms with E-state index in [4.69, 9.17) is 0 Å². The Hall–Kier alpha value is -12.8. The second-order valence-electron chi connectivity index (χ2n) is 24.9. The minimum absolute atomic E-state index is 1.05. The second-order valence-corrected chi connectivity index (χ2v) is 24.9. The van der Waals surface area contributed by atoms with Crippen LogP contribution in [0.4, 0.5) is 68.2 Å². The van der Waals surface area contributed by atoms with E-state index in [0.29, 0.717) is 0 Å². The zero-order chi connectivity index (χ0) is 63.5. The van der Waals surface area contributed by atoms with Gasteiger partial charge in [0.05, 0.1) is 22.7 Å². The van der Waals surface area contributed by atoms with Crippen molar-refractivity contribution >= 4 is 154 Å². The average Bonchev–Trinajstić information content (AvgIpc) is 0.764. The zero-order valence-electron chi connectivity index (χ0n) is 52.6. The molecule has 18 aromatic rings. The van der Waals surface area contributed by atoms with Crippen LogP contribution in [0, 0.1) is 0 Å². The number of anilines is 12. The van der Waals surface area contributed by atoms with E-state index in [-0.39, 0.29) is 0 Å². The average molecular weight is 1220 g/mol. The fraction of sp³-hybridized carbons (Fsp3) is 0. The third-order valence-corrected chi connectivity index (χ3v) is 19.3. The first-order valence-corrected chi connectivity index (χ1v) is 33.0. The first kappa shape index (κ1) is 56.0. The topological polar surface area (TPSA) is 13.0 Å². The largest absolute Gasteiger partial charge is 0.310 e. The number of hydrogen-bond acceptors (Lipinski definition) is 4. The molecule has 0 aliphatic carbocycles. The summed E-state index contributed by atoms with van der Waals surface area (Å²) in [5.41, 5.74) is 15.3. The Morgan fingerprint density at radius 2 is 0.375 bits per heavy atom. The molecule has 4 heteroatoms.